The van der Waals surface area contributed by atoms with Crippen LogP contribution in [0.15, 0.2) is 11.7 Å². The number of nitrogens with one attached hydrogen (secondary N) is 1. The Hall–Kier alpha value is -1.10. The van der Waals surface area contributed by atoms with Crippen molar-refractivity contribution >= 4 is 0 Å². The van der Waals surface area contributed by atoms with Gasteiger partial charge in [-0.25, -0.2) is 5.48 Å². The average molecular weight is 103 g/mol. The van der Waals surface area contributed by atoms with Gasteiger partial charge in [0.2, 0.25) is 0 Å². The molecule has 0 amide bonds. The number of hydroxylamine groups is 1. The lowest BCUT2D eigenvalue weighted by Gasteiger charge is -1.84. The maximum atomic E-state index is 5.07. The predicted octanol–water partition coefficient (Wildman–Crippen LogP) is -1.50. The summed E-state index contributed by atoms with van der Waals surface area (Å²) in [6.45, 7) is 0. The van der Waals surface area contributed by atoms with Crippen LogP contribution in [-0.4, -0.2) is 0 Å². The van der Waals surface area contributed by atoms with Crippen molar-refractivity contribution in [2.45, 2.75) is 0 Å². The third-order valence-corrected chi connectivity index (χ3v) is 0.549. The molecule has 0 saturated heterocycles. The second-order valence-corrected chi connectivity index (χ2v) is 1.05. The van der Waals surface area contributed by atoms with E-state index in [-0.39, 0.29) is 11.7 Å². The first-order valence-electron chi connectivity index (χ1n) is 1.65. The highest BCUT2D eigenvalue weighted by atomic mass is 17.3. The number of hydrogen-bond donors (Lipinski definition) is 3. The fraction of sp³-hybridized carbons (Fsp3) is 0. The van der Waals surface area contributed by atoms with Gasteiger partial charge in [0.25, 0.3) is 5.88 Å². The molecule has 0 aliphatic carbocycles. The fourth-order valence-corrected chi connectivity index (χ4v) is 0.206. The lowest BCUT2D eigenvalue weighted by molar-refractivity contribution is -0.276. The molecule has 0 radical (unpaired) electrons. The molecule has 7 heavy (non-hydrogen) atoms. The summed E-state index contributed by atoms with van der Waals surface area (Å²) in [4.78, 5) is 8.28. The molecule has 1 aliphatic rings. The van der Waals surface area contributed by atoms with Crippen LogP contribution in [0, 0.1) is 0 Å². The Morgan fingerprint density at radius 3 is 2.29 bits per heavy atom. The molecule has 1 aliphatic heterocycles. The van der Waals surface area contributed by atoms with Crippen LogP contribution < -0.4 is 16.9 Å². The minimum Gasteiger partial charge on any atom is -0.379 e. The highest BCUT2D eigenvalue weighted by Crippen LogP contribution is 1.96. The molecule has 0 atom stereocenters. The van der Waals surface area contributed by atoms with E-state index in [1.807, 2.05) is 0 Å². The fourth-order valence-electron chi connectivity index (χ4n) is 0.206. The predicted molar refractivity (Wildman–Crippen MR) is 20.7 cm³/mol. The topological polar surface area (TPSA) is 82.5 Å². The molecule has 5 nitrogen and oxygen atoms in total. The Morgan fingerprint density at radius 1 is 1.43 bits per heavy atom. The van der Waals surface area contributed by atoms with E-state index in [0.29, 0.717) is 0 Å². The second kappa shape index (κ2) is 1.19. The Morgan fingerprint density at radius 2 is 2.14 bits per heavy atom. The highest BCUT2D eigenvalue weighted by molar-refractivity contribution is 4.96. The molecule has 1 rings (SSSR count). The van der Waals surface area contributed by atoms with Crippen molar-refractivity contribution in [3.05, 3.63) is 11.7 Å². The van der Waals surface area contributed by atoms with E-state index in [1.165, 1.54) is 0 Å². The van der Waals surface area contributed by atoms with E-state index in [2.05, 4.69) is 15.4 Å². The van der Waals surface area contributed by atoms with Crippen LogP contribution in [0.25, 0.3) is 0 Å². The first-order valence-corrected chi connectivity index (χ1v) is 1.65. The van der Waals surface area contributed by atoms with Crippen molar-refractivity contribution in [3.8, 4) is 0 Å². The molecule has 5 heteroatoms. The van der Waals surface area contributed by atoms with Gasteiger partial charge in [0.05, 0.1) is 0 Å². The Labute approximate surface area is 39.7 Å². The van der Waals surface area contributed by atoms with Crippen molar-refractivity contribution in [1.82, 2.24) is 5.48 Å². The summed E-state index contributed by atoms with van der Waals surface area (Å²) < 4.78 is 0. The van der Waals surface area contributed by atoms with Crippen molar-refractivity contribution in [1.29, 1.82) is 0 Å². The smallest absolute Gasteiger partial charge is 0.273 e. The van der Waals surface area contributed by atoms with Crippen LogP contribution in [0.4, 0.5) is 0 Å². The van der Waals surface area contributed by atoms with Crippen molar-refractivity contribution in [2.75, 3.05) is 0 Å². The Balaban J connectivity index is 2.64. The molecule has 5 N–H and O–H groups in total. The summed E-state index contributed by atoms with van der Waals surface area (Å²) in [5.74, 6) is 0.278. The van der Waals surface area contributed by atoms with Gasteiger partial charge in [0, 0.05) is 0 Å². The molecule has 0 fully saturated rings. The summed E-state index contributed by atoms with van der Waals surface area (Å²) >= 11 is 0. The van der Waals surface area contributed by atoms with Crippen LogP contribution in [0.5, 0.6) is 0 Å². The van der Waals surface area contributed by atoms with Crippen LogP contribution >= 0.6 is 0 Å². The molecule has 0 aromatic carbocycles. The lowest BCUT2D eigenvalue weighted by atomic mass is 10.7. The number of rotatable bonds is 0. The van der Waals surface area contributed by atoms with E-state index < -0.39 is 0 Å². The molecule has 0 bridgehead atoms. The minimum absolute atomic E-state index is 0.0694. The summed E-state index contributed by atoms with van der Waals surface area (Å²) in [5.41, 5.74) is 12.3. The summed E-state index contributed by atoms with van der Waals surface area (Å²) in [5, 5.41) is 0. The van der Waals surface area contributed by atoms with Gasteiger partial charge in [-0.15, -0.1) is 0 Å². The van der Waals surface area contributed by atoms with Gasteiger partial charge in [-0.05, 0) is 0 Å². The van der Waals surface area contributed by atoms with Crippen molar-refractivity contribution in [3.63, 3.8) is 0 Å². The average Bonchev–Trinajstić information content (AvgIpc) is 1.91. The molecule has 0 spiro atoms. The molecular weight excluding hydrogens is 98.0 g/mol. The second-order valence-electron chi connectivity index (χ2n) is 1.05. The molecular formula is C2H5N3O2. The third kappa shape index (κ3) is 0.520. The van der Waals surface area contributed by atoms with Gasteiger partial charge in [-0.2, -0.15) is 0 Å². The standard InChI is InChI=1S/C2H5N3O2/c3-1-2(4)6-7-5-1/h5H,3-4H2. The minimum atomic E-state index is 0.0694. The zero-order valence-corrected chi connectivity index (χ0v) is 3.47. The zero-order chi connectivity index (χ0) is 5.28. The first-order chi connectivity index (χ1) is 3.30. The van der Waals surface area contributed by atoms with Crippen LogP contribution in [0.3, 0.4) is 0 Å². The summed E-state index contributed by atoms with van der Waals surface area (Å²) in [7, 11) is 0. The van der Waals surface area contributed by atoms with Gasteiger partial charge in [0.1, 0.15) is 0 Å². The van der Waals surface area contributed by atoms with E-state index >= 15 is 0 Å². The SMILES string of the molecule is NC1=C(N)OON1. The molecule has 0 aromatic rings. The number of nitrogens with two attached hydrogens (primary N) is 2. The monoisotopic (exact) mass is 103 g/mol. The molecule has 1 heterocycles. The van der Waals surface area contributed by atoms with E-state index in [4.69, 9.17) is 11.5 Å². The third-order valence-electron chi connectivity index (χ3n) is 0.549. The largest absolute Gasteiger partial charge is 0.379 e. The Bertz CT molecular complexity index is 97.5. The van der Waals surface area contributed by atoms with Gasteiger partial charge in [-0.3, -0.25) is 4.89 Å². The summed E-state index contributed by atoms with van der Waals surface area (Å²) in [6.07, 6.45) is 0. The molecule has 40 valence electrons. The van der Waals surface area contributed by atoms with Crippen LogP contribution in [-0.2, 0) is 9.88 Å². The normalized spacial score (nSPS) is 18.9. The van der Waals surface area contributed by atoms with Gasteiger partial charge in [0.15, 0.2) is 5.82 Å². The molecule has 0 saturated carbocycles. The van der Waals surface area contributed by atoms with Crippen molar-refractivity contribution < 1.29 is 9.88 Å². The zero-order valence-electron chi connectivity index (χ0n) is 3.47. The van der Waals surface area contributed by atoms with E-state index in [0.717, 1.165) is 0 Å². The van der Waals surface area contributed by atoms with E-state index in [1.54, 1.807) is 0 Å². The van der Waals surface area contributed by atoms with Crippen molar-refractivity contribution in [2.24, 2.45) is 11.5 Å². The lowest BCUT2D eigenvalue weighted by Crippen LogP contribution is -2.14. The maximum Gasteiger partial charge on any atom is 0.273 e. The molecule has 0 unspecified atom stereocenters. The maximum absolute atomic E-state index is 5.07. The number of hydrogen-bond acceptors (Lipinski definition) is 5. The van der Waals surface area contributed by atoms with E-state index in [9.17, 15) is 0 Å². The van der Waals surface area contributed by atoms with Crippen LogP contribution in [0.1, 0.15) is 0 Å². The van der Waals surface area contributed by atoms with Gasteiger partial charge >= 0.3 is 0 Å². The highest BCUT2D eigenvalue weighted by Gasteiger charge is 2.08. The first kappa shape index (κ1) is 4.07. The van der Waals surface area contributed by atoms with Crippen LogP contribution in [0.2, 0.25) is 0 Å². The molecule has 0 aromatic heterocycles. The summed E-state index contributed by atoms with van der Waals surface area (Å²) in [6, 6.07) is 0. The van der Waals surface area contributed by atoms with Gasteiger partial charge in [-0.1, -0.05) is 4.99 Å². The van der Waals surface area contributed by atoms with Gasteiger partial charge < -0.3 is 11.5 Å². The Kier molecular flexibility index (Phi) is 0.694. The quantitative estimate of drug-likeness (QED) is 0.325.